The third-order valence-corrected chi connectivity index (χ3v) is 3.10. The van der Waals surface area contributed by atoms with E-state index in [1.165, 1.54) is 11.8 Å². The van der Waals surface area contributed by atoms with Gasteiger partial charge in [-0.15, -0.1) is 0 Å². The molecule has 0 amide bonds. The Morgan fingerprint density at radius 3 is 2.10 bits per heavy atom. The maximum Gasteiger partial charge on any atom is 0.320 e. The van der Waals surface area contributed by atoms with Gasteiger partial charge >= 0.3 is 17.9 Å². The van der Waals surface area contributed by atoms with Crippen molar-refractivity contribution in [1.82, 2.24) is 4.90 Å². The van der Waals surface area contributed by atoms with Crippen LogP contribution in [0.2, 0.25) is 0 Å². The summed E-state index contributed by atoms with van der Waals surface area (Å²) in [5.74, 6) is -3.84. The fourth-order valence-corrected chi connectivity index (χ4v) is 1.90. The molecule has 0 aromatic carbocycles. The van der Waals surface area contributed by atoms with Crippen molar-refractivity contribution in [2.45, 2.75) is 45.6 Å². The fraction of sp³-hybridized carbons (Fsp3) is 0.769. The summed E-state index contributed by atoms with van der Waals surface area (Å²) in [4.78, 5) is 34.3. The molecule has 0 radical (unpaired) electrons. The highest BCUT2D eigenvalue weighted by molar-refractivity contribution is 5.74. The van der Waals surface area contributed by atoms with Crippen LogP contribution in [0.15, 0.2) is 0 Å². The number of unbranched alkanes of at least 4 members (excludes halogenated alkanes) is 1. The molecule has 3 N–H and O–H groups in total. The van der Waals surface area contributed by atoms with E-state index in [1.807, 2.05) is 6.92 Å². The van der Waals surface area contributed by atoms with Crippen LogP contribution in [-0.2, 0) is 14.4 Å². The molecule has 0 saturated heterocycles. The van der Waals surface area contributed by atoms with Gasteiger partial charge in [-0.1, -0.05) is 26.7 Å². The molecule has 0 aliphatic heterocycles. The van der Waals surface area contributed by atoms with E-state index in [0.29, 0.717) is 12.8 Å². The molecule has 0 aliphatic rings. The Morgan fingerprint density at radius 2 is 1.70 bits per heavy atom. The molecule has 0 heterocycles. The lowest BCUT2D eigenvalue weighted by atomic mass is 10.1. The van der Waals surface area contributed by atoms with Gasteiger partial charge in [-0.25, -0.2) is 0 Å². The summed E-state index contributed by atoms with van der Waals surface area (Å²) in [6.45, 7) is 3.48. The summed E-state index contributed by atoms with van der Waals surface area (Å²) in [7, 11) is 0. The Bertz CT molecular complexity index is 344. The van der Waals surface area contributed by atoms with Crippen LogP contribution < -0.4 is 0 Å². The van der Waals surface area contributed by atoms with Crippen molar-refractivity contribution < 1.29 is 29.7 Å². The Kier molecular flexibility index (Phi) is 8.54. The molecular formula is C13H23NO6. The Balaban J connectivity index is 4.87. The van der Waals surface area contributed by atoms with Gasteiger partial charge in [0.1, 0.15) is 6.04 Å². The molecule has 0 saturated carbocycles. The SMILES string of the molecule is CCCCC(C(=O)O)N(CCC(=O)O)CC(C)C(=O)O. The first-order valence-corrected chi connectivity index (χ1v) is 6.71. The van der Waals surface area contributed by atoms with Crippen LogP contribution in [0.4, 0.5) is 0 Å². The Hall–Kier alpha value is -1.63. The molecule has 0 aromatic heterocycles. The third kappa shape index (κ3) is 7.08. The van der Waals surface area contributed by atoms with Crippen LogP contribution in [0.25, 0.3) is 0 Å². The number of nitrogens with zero attached hydrogens (tertiary/aromatic N) is 1. The van der Waals surface area contributed by atoms with Crippen LogP contribution >= 0.6 is 0 Å². The molecule has 0 aromatic rings. The number of rotatable bonds is 11. The van der Waals surface area contributed by atoms with Gasteiger partial charge in [-0.05, 0) is 6.42 Å². The van der Waals surface area contributed by atoms with Gasteiger partial charge in [-0.2, -0.15) is 0 Å². The second kappa shape index (κ2) is 9.30. The van der Waals surface area contributed by atoms with Gasteiger partial charge in [-0.3, -0.25) is 19.3 Å². The van der Waals surface area contributed by atoms with Crippen molar-refractivity contribution in [3.8, 4) is 0 Å². The number of carboxylic acids is 3. The monoisotopic (exact) mass is 289 g/mol. The van der Waals surface area contributed by atoms with Crippen molar-refractivity contribution in [2.75, 3.05) is 13.1 Å². The molecule has 2 unspecified atom stereocenters. The standard InChI is InChI=1S/C13H23NO6/c1-3-4-5-10(13(19)20)14(7-6-11(15)16)8-9(2)12(17)18/h9-10H,3-8H2,1-2H3,(H,15,16)(H,17,18)(H,19,20). The second-order valence-corrected chi connectivity index (χ2v) is 4.87. The van der Waals surface area contributed by atoms with Crippen LogP contribution in [0, 0.1) is 5.92 Å². The zero-order valence-electron chi connectivity index (χ0n) is 11.9. The van der Waals surface area contributed by atoms with E-state index < -0.39 is 29.9 Å². The summed E-state index contributed by atoms with van der Waals surface area (Å²) >= 11 is 0. The predicted octanol–water partition coefficient (Wildman–Crippen LogP) is 1.13. The number of carbonyl (C=O) groups is 3. The molecule has 0 bridgehead atoms. The molecule has 0 rings (SSSR count). The second-order valence-electron chi connectivity index (χ2n) is 4.87. The number of hydrogen-bond donors (Lipinski definition) is 3. The highest BCUT2D eigenvalue weighted by Crippen LogP contribution is 2.13. The smallest absolute Gasteiger partial charge is 0.320 e. The Morgan fingerprint density at radius 1 is 1.10 bits per heavy atom. The average Bonchev–Trinajstić information content (AvgIpc) is 2.34. The van der Waals surface area contributed by atoms with Crippen LogP contribution in [0.3, 0.4) is 0 Å². The normalized spacial score (nSPS) is 13.9. The van der Waals surface area contributed by atoms with Gasteiger partial charge in [0.05, 0.1) is 12.3 Å². The van der Waals surface area contributed by atoms with E-state index in [2.05, 4.69) is 0 Å². The summed E-state index contributed by atoms with van der Waals surface area (Å²) < 4.78 is 0. The lowest BCUT2D eigenvalue weighted by Crippen LogP contribution is -2.45. The lowest BCUT2D eigenvalue weighted by Gasteiger charge is -2.29. The molecular weight excluding hydrogens is 266 g/mol. The Labute approximate surface area is 118 Å². The average molecular weight is 289 g/mol. The first-order chi connectivity index (χ1) is 9.29. The van der Waals surface area contributed by atoms with E-state index in [9.17, 15) is 19.5 Å². The van der Waals surface area contributed by atoms with E-state index in [1.54, 1.807) is 0 Å². The van der Waals surface area contributed by atoms with Gasteiger partial charge in [0.15, 0.2) is 0 Å². The summed E-state index contributed by atoms with van der Waals surface area (Å²) in [6, 6.07) is -0.837. The van der Waals surface area contributed by atoms with Gasteiger partial charge in [0, 0.05) is 13.1 Å². The van der Waals surface area contributed by atoms with Crippen molar-refractivity contribution in [1.29, 1.82) is 0 Å². The quantitative estimate of drug-likeness (QED) is 0.522. The molecule has 20 heavy (non-hydrogen) atoms. The third-order valence-electron chi connectivity index (χ3n) is 3.10. The topological polar surface area (TPSA) is 115 Å². The molecule has 0 spiro atoms. The van der Waals surface area contributed by atoms with Crippen LogP contribution in [-0.4, -0.2) is 57.3 Å². The molecule has 0 fully saturated rings. The van der Waals surface area contributed by atoms with Crippen molar-refractivity contribution in [3.05, 3.63) is 0 Å². The number of carboxylic acid groups (broad SMARTS) is 3. The predicted molar refractivity (Wildman–Crippen MR) is 71.6 cm³/mol. The minimum absolute atomic E-state index is 0.0310. The minimum atomic E-state index is -1.04. The molecule has 0 aliphatic carbocycles. The van der Waals surface area contributed by atoms with E-state index in [-0.39, 0.29) is 19.5 Å². The summed E-state index contributed by atoms with van der Waals surface area (Å²) in [5.41, 5.74) is 0. The van der Waals surface area contributed by atoms with Crippen molar-refractivity contribution in [3.63, 3.8) is 0 Å². The van der Waals surface area contributed by atoms with Gasteiger partial charge < -0.3 is 15.3 Å². The minimum Gasteiger partial charge on any atom is -0.481 e. The first kappa shape index (κ1) is 18.4. The van der Waals surface area contributed by atoms with E-state index >= 15 is 0 Å². The zero-order valence-corrected chi connectivity index (χ0v) is 11.9. The molecule has 116 valence electrons. The fourth-order valence-electron chi connectivity index (χ4n) is 1.90. The molecule has 2 atom stereocenters. The number of hydrogen-bond acceptors (Lipinski definition) is 4. The lowest BCUT2D eigenvalue weighted by molar-refractivity contribution is -0.148. The number of aliphatic carboxylic acids is 3. The van der Waals surface area contributed by atoms with E-state index in [4.69, 9.17) is 10.2 Å². The summed E-state index contributed by atoms with van der Waals surface area (Å²) in [6.07, 6.45) is 1.70. The van der Waals surface area contributed by atoms with E-state index in [0.717, 1.165) is 6.42 Å². The van der Waals surface area contributed by atoms with Crippen molar-refractivity contribution in [2.24, 2.45) is 5.92 Å². The summed E-state index contributed by atoms with van der Waals surface area (Å²) in [5, 5.41) is 26.9. The maximum atomic E-state index is 11.3. The highest BCUT2D eigenvalue weighted by atomic mass is 16.4. The molecule has 7 nitrogen and oxygen atoms in total. The first-order valence-electron chi connectivity index (χ1n) is 6.71. The highest BCUT2D eigenvalue weighted by Gasteiger charge is 2.28. The molecule has 7 heteroatoms. The van der Waals surface area contributed by atoms with Crippen LogP contribution in [0.1, 0.15) is 39.5 Å². The van der Waals surface area contributed by atoms with Crippen LogP contribution in [0.5, 0.6) is 0 Å². The van der Waals surface area contributed by atoms with Gasteiger partial charge in [0.25, 0.3) is 0 Å². The zero-order chi connectivity index (χ0) is 15.7. The van der Waals surface area contributed by atoms with Gasteiger partial charge in [0.2, 0.25) is 0 Å². The maximum absolute atomic E-state index is 11.3. The largest absolute Gasteiger partial charge is 0.481 e. The van der Waals surface area contributed by atoms with Crippen molar-refractivity contribution >= 4 is 17.9 Å².